The highest BCUT2D eigenvalue weighted by Gasteiger charge is 2.34. The lowest BCUT2D eigenvalue weighted by molar-refractivity contribution is 0.598. The van der Waals surface area contributed by atoms with Gasteiger partial charge in [-0.25, -0.2) is 18.4 Å². The Morgan fingerprint density at radius 2 is 1.20 bits per heavy atom. The molecule has 178 valence electrons. The molecule has 35 heavy (non-hydrogen) atoms. The van der Waals surface area contributed by atoms with Gasteiger partial charge in [-0.05, 0) is 50.9 Å². The number of aromatic nitrogens is 4. The summed E-state index contributed by atoms with van der Waals surface area (Å²) in [7, 11) is -3.64. The standard InChI is InChI=1S/C26H26N6O2S/c33-35(34)23-11-15(21-13-29-25(31-21)19-3-1-9-27-19)5-7-17(23)18-8-6-16(12-24(18)35)22-14-30-26(32-22)20-4-2-10-28-20/h5-8,11-14,19-20,27-28H,1-4,9-10H2,(H,29,31)(H,30,32). The molecule has 0 radical (unpaired) electrons. The third kappa shape index (κ3) is 3.37. The van der Waals surface area contributed by atoms with Crippen molar-refractivity contribution < 1.29 is 8.42 Å². The highest BCUT2D eigenvalue weighted by molar-refractivity contribution is 7.92. The van der Waals surface area contributed by atoms with Crippen molar-refractivity contribution in [3.63, 3.8) is 0 Å². The first-order valence-corrected chi connectivity index (χ1v) is 13.7. The summed E-state index contributed by atoms with van der Waals surface area (Å²) in [4.78, 5) is 16.5. The number of H-pyrrole nitrogens is 2. The number of hydrogen-bond acceptors (Lipinski definition) is 6. The molecule has 5 heterocycles. The van der Waals surface area contributed by atoms with Crippen molar-refractivity contribution in [3.8, 4) is 33.6 Å². The zero-order chi connectivity index (χ0) is 23.6. The van der Waals surface area contributed by atoms with E-state index < -0.39 is 9.84 Å². The van der Waals surface area contributed by atoms with E-state index >= 15 is 0 Å². The number of fused-ring (bicyclic) bond motifs is 3. The predicted octanol–water partition coefficient (Wildman–Crippen LogP) is 4.13. The van der Waals surface area contributed by atoms with E-state index in [1.165, 1.54) is 0 Å². The summed E-state index contributed by atoms with van der Waals surface area (Å²) in [6.07, 6.45) is 7.96. The molecule has 2 fully saturated rings. The summed E-state index contributed by atoms with van der Waals surface area (Å²) in [5, 5.41) is 6.88. The van der Waals surface area contributed by atoms with Crippen LogP contribution in [0.25, 0.3) is 33.6 Å². The fourth-order valence-electron chi connectivity index (χ4n) is 5.54. The zero-order valence-electron chi connectivity index (χ0n) is 19.1. The van der Waals surface area contributed by atoms with Crippen molar-refractivity contribution >= 4 is 9.84 Å². The number of imidazole rings is 2. The minimum Gasteiger partial charge on any atom is -0.341 e. The van der Waals surface area contributed by atoms with Crippen LogP contribution in [0.15, 0.2) is 58.6 Å². The molecule has 3 aliphatic heterocycles. The second kappa shape index (κ2) is 7.87. The van der Waals surface area contributed by atoms with E-state index in [0.717, 1.165) is 84.1 Å². The van der Waals surface area contributed by atoms with Gasteiger partial charge in [0.15, 0.2) is 0 Å². The minimum atomic E-state index is -3.64. The van der Waals surface area contributed by atoms with Crippen molar-refractivity contribution in [2.24, 2.45) is 0 Å². The molecule has 9 heteroatoms. The number of sulfone groups is 1. The highest BCUT2D eigenvalue weighted by atomic mass is 32.2. The van der Waals surface area contributed by atoms with Crippen molar-refractivity contribution in [2.75, 3.05) is 13.1 Å². The first kappa shape index (κ1) is 21.0. The largest absolute Gasteiger partial charge is 0.341 e. The molecule has 2 atom stereocenters. The number of aromatic amines is 2. The van der Waals surface area contributed by atoms with Gasteiger partial charge >= 0.3 is 0 Å². The van der Waals surface area contributed by atoms with Gasteiger partial charge < -0.3 is 20.6 Å². The van der Waals surface area contributed by atoms with Crippen LogP contribution in [0.5, 0.6) is 0 Å². The molecular formula is C26H26N6O2S. The molecule has 2 unspecified atom stereocenters. The summed E-state index contributed by atoms with van der Waals surface area (Å²) in [6.45, 7) is 1.99. The van der Waals surface area contributed by atoms with Crippen LogP contribution in [0, 0.1) is 0 Å². The van der Waals surface area contributed by atoms with Crippen molar-refractivity contribution in [1.82, 2.24) is 30.6 Å². The maximum absolute atomic E-state index is 13.6. The average Bonchev–Trinajstić information content (AvgIpc) is 3.70. The number of benzene rings is 2. The third-order valence-corrected chi connectivity index (χ3v) is 9.26. The van der Waals surface area contributed by atoms with Crippen LogP contribution in [0.1, 0.15) is 49.4 Å². The molecule has 4 N–H and O–H groups in total. The summed E-state index contributed by atoms with van der Waals surface area (Å²) in [5.74, 6) is 1.81. The first-order valence-electron chi connectivity index (χ1n) is 12.2. The van der Waals surface area contributed by atoms with Gasteiger partial charge in [-0.2, -0.15) is 0 Å². The summed E-state index contributed by atoms with van der Waals surface area (Å²) < 4.78 is 27.2. The Hall–Kier alpha value is -3.27. The smallest absolute Gasteiger partial charge is 0.207 e. The highest BCUT2D eigenvalue weighted by Crippen LogP contribution is 2.45. The maximum atomic E-state index is 13.6. The lowest BCUT2D eigenvalue weighted by Gasteiger charge is -2.06. The Bertz CT molecular complexity index is 1430. The Balaban J connectivity index is 1.23. The summed E-state index contributed by atoms with van der Waals surface area (Å²) in [5.41, 5.74) is 4.78. The van der Waals surface area contributed by atoms with Crippen LogP contribution in [-0.4, -0.2) is 41.4 Å². The lowest BCUT2D eigenvalue weighted by atomic mass is 10.0. The number of hydrogen-bond donors (Lipinski definition) is 4. The molecular weight excluding hydrogens is 460 g/mol. The average molecular weight is 487 g/mol. The van der Waals surface area contributed by atoms with Gasteiger partial charge in [-0.3, -0.25) is 0 Å². The Kier molecular flexibility index (Phi) is 4.74. The minimum absolute atomic E-state index is 0.233. The van der Waals surface area contributed by atoms with Gasteiger partial charge in [0.05, 0.1) is 45.7 Å². The molecule has 0 aliphatic carbocycles. The molecule has 7 rings (SSSR count). The van der Waals surface area contributed by atoms with Crippen LogP contribution in [0.4, 0.5) is 0 Å². The predicted molar refractivity (Wildman–Crippen MR) is 132 cm³/mol. The molecule has 0 amide bonds. The molecule has 0 saturated carbocycles. The maximum Gasteiger partial charge on any atom is 0.207 e. The molecule has 2 aromatic carbocycles. The molecule has 2 saturated heterocycles. The van der Waals surface area contributed by atoms with Crippen molar-refractivity contribution in [1.29, 1.82) is 0 Å². The SMILES string of the molecule is O=S1(=O)c2cc(-c3cnc(C4CCCN4)[nH]3)ccc2-c2ccc(-c3cnc(C4CCCN4)[nH]3)cc21. The molecule has 4 aromatic rings. The van der Waals surface area contributed by atoms with E-state index in [2.05, 4.69) is 30.6 Å². The van der Waals surface area contributed by atoms with Gasteiger partial charge in [0.2, 0.25) is 9.84 Å². The normalized spacial score (nSPS) is 22.4. The van der Waals surface area contributed by atoms with E-state index in [-0.39, 0.29) is 12.1 Å². The number of rotatable bonds is 4. The molecule has 2 aromatic heterocycles. The summed E-state index contributed by atoms with van der Waals surface area (Å²) >= 11 is 0. The van der Waals surface area contributed by atoms with Crippen LogP contribution >= 0.6 is 0 Å². The topological polar surface area (TPSA) is 116 Å². The van der Waals surface area contributed by atoms with Gasteiger partial charge in [0, 0.05) is 22.3 Å². The molecule has 3 aliphatic rings. The Morgan fingerprint density at radius 1 is 0.714 bits per heavy atom. The van der Waals surface area contributed by atoms with E-state index in [4.69, 9.17) is 0 Å². The molecule has 0 spiro atoms. The fraction of sp³-hybridized carbons (Fsp3) is 0.308. The van der Waals surface area contributed by atoms with Gasteiger partial charge in [-0.1, -0.05) is 24.3 Å². The number of nitrogens with zero attached hydrogens (tertiary/aromatic N) is 2. The lowest BCUT2D eigenvalue weighted by Crippen LogP contribution is -2.14. The van der Waals surface area contributed by atoms with E-state index in [9.17, 15) is 8.42 Å². The monoisotopic (exact) mass is 486 g/mol. The van der Waals surface area contributed by atoms with Crippen LogP contribution in [-0.2, 0) is 9.84 Å². The van der Waals surface area contributed by atoms with Crippen LogP contribution < -0.4 is 10.6 Å². The van der Waals surface area contributed by atoms with Gasteiger partial charge in [0.25, 0.3) is 0 Å². The van der Waals surface area contributed by atoms with Gasteiger partial charge in [0.1, 0.15) is 11.6 Å². The Morgan fingerprint density at radius 3 is 1.63 bits per heavy atom. The van der Waals surface area contributed by atoms with E-state index in [1.54, 1.807) is 24.5 Å². The van der Waals surface area contributed by atoms with Crippen LogP contribution in [0.3, 0.4) is 0 Å². The van der Waals surface area contributed by atoms with E-state index in [0.29, 0.717) is 9.79 Å². The molecule has 8 nitrogen and oxygen atoms in total. The molecule has 0 bridgehead atoms. The summed E-state index contributed by atoms with van der Waals surface area (Å²) in [6, 6.07) is 11.7. The van der Waals surface area contributed by atoms with Gasteiger partial charge in [-0.15, -0.1) is 0 Å². The third-order valence-electron chi connectivity index (χ3n) is 7.43. The number of nitrogens with one attached hydrogen (secondary N) is 4. The zero-order valence-corrected chi connectivity index (χ0v) is 20.0. The second-order valence-electron chi connectivity index (χ2n) is 9.59. The Labute approximate surface area is 203 Å². The van der Waals surface area contributed by atoms with E-state index in [1.807, 2.05) is 24.3 Å². The fourth-order valence-corrected chi connectivity index (χ4v) is 7.28. The van der Waals surface area contributed by atoms with Crippen LogP contribution in [0.2, 0.25) is 0 Å². The van der Waals surface area contributed by atoms with Crippen molar-refractivity contribution in [3.05, 3.63) is 60.4 Å². The second-order valence-corrected chi connectivity index (χ2v) is 11.5. The quantitative estimate of drug-likeness (QED) is 0.304. The van der Waals surface area contributed by atoms with Crippen molar-refractivity contribution in [2.45, 2.75) is 47.6 Å². The first-order chi connectivity index (χ1) is 17.1.